The molecule has 5 nitrogen and oxygen atoms in total. The van der Waals surface area contributed by atoms with Gasteiger partial charge in [0.05, 0.1) is 25.4 Å². The van der Waals surface area contributed by atoms with Crippen molar-refractivity contribution < 1.29 is 14.3 Å². The predicted molar refractivity (Wildman–Crippen MR) is 75.9 cm³/mol. The summed E-state index contributed by atoms with van der Waals surface area (Å²) in [5, 5.41) is 0. The summed E-state index contributed by atoms with van der Waals surface area (Å²) in [6, 6.07) is 3.55. The number of hydrogen-bond acceptors (Lipinski definition) is 4. The van der Waals surface area contributed by atoms with Crippen molar-refractivity contribution in [3.05, 3.63) is 23.9 Å². The van der Waals surface area contributed by atoms with Crippen molar-refractivity contribution in [2.24, 2.45) is 0 Å². The van der Waals surface area contributed by atoms with E-state index in [1.165, 1.54) is 0 Å². The average molecular weight is 278 g/mol. The van der Waals surface area contributed by atoms with Crippen LogP contribution >= 0.6 is 0 Å². The van der Waals surface area contributed by atoms with Crippen LogP contribution in [0.15, 0.2) is 18.3 Å². The molecule has 1 aliphatic rings. The lowest BCUT2D eigenvalue weighted by Crippen LogP contribution is -2.47. The maximum absolute atomic E-state index is 12.5. The highest BCUT2D eigenvalue weighted by atomic mass is 16.5. The first-order valence-corrected chi connectivity index (χ1v) is 7.13. The molecule has 0 N–H and O–H groups in total. The normalized spacial score (nSPS) is 20.6. The third-order valence-corrected chi connectivity index (χ3v) is 3.51. The Morgan fingerprint density at radius 2 is 2.45 bits per heavy atom. The molecule has 0 bridgehead atoms. The van der Waals surface area contributed by atoms with E-state index >= 15 is 0 Å². The first-order valence-electron chi connectivity index (χ1n) is 7.13. The molecular weight excluding hydrogens is 256 g/mol. The molecule has 0 unspecified atom stereocenters. The van der Waals surface area contributed by atoms with Gasteiger partial charge in [-0.25, -0.2) is 4.98 Å². The summed E-state index contributed by atoms with van der Waals surface area (Å²) in [5.74, 6) is 0.517. The van der Waals surface area contributed by atoms with Crippen LogP contribution in [0.2, 0.25) is 0 Å². The summed E-state index contributed by atoms with van der Waals surface area (Å²) in [6.07, 6.45) is 2.62. The lowest BCUT2D eigenvalue weighted by molar-refractivity contribution is 0.00356. The van der Waals surface area contributed by atoms with E-state index in [2.05, 4.69) is 11.9 Å². The van der Waals surface area contributed by atoms with Crippen LogP contribution in [0, 0.1) is 0 Å². The Morgan fingerprint density at radius 1 is 1.65 bits per heavy atom. The van der Waals surface area contributed by atoms with Crippen molar-refractivity contribution in [3.8, 4) is 5.88 Å². The van der Waals surface area contributed by atoms with E-state index in [1.54, 1.807) is 18.3 Å². The quantitative estimate of drug-likeness (QED) is 0.846. The maximum atomic E-state index is 12.5. The second-order valence-electron chi connectivity index (χ2n) is 5.14. The van der Waals surface area contributed by atoms with Crippen LogP contribution in [0.25, 0.3) is 0 Å². The first-order chi connectivity index (χ1) is 9.61. The van der Waals surface area contributed by atoms with Crippen molar-refractivity contribution in [3.63, 3.8) is 0 Å². The van der Waals surface area contributed by atoms with Gasteiger partial charge >= 0.3 is 0 Å². The predicted octanol–water partition coefficient (Wildman–Crippen LogP) is 2.12. The topological polar surface area (TPSA) is 51.7 Å². The molecule has 110 valence electrons. The Balaban J connectivity index is 2.11. The molecule has 1 fully saturated rings. The highest BCUT2D eigenvalue weighted by Crippen LogP contribution is 2.16. The molecule has 0 spiro atoms. The Labute approximate surface area is 119 Å². The zero-order chi connectivity index (χ0) is 14.5. The van der Waals surface area contributed by atoms with E-state index in [0.717, 1.165) is 6.42 Å². The summed E-state index contributed by atoms with van der Waals surface area (Å²) >= 11 is 0. The lowest BCUT2D eigenvalue weighted by Gasteiger charge is -2.33. The Kier molecular flexibility index (Phi) is 4.95. The van der Waals surface area contributed by atoms with Gasteiger partial charge in [0.2, 0.25) is 5.88 Å². The number of carbonyl (C=O) groups is 1. The van der Waals surface area contributed by atoms with Gasteiger partial charge in [-0.1, -0.05) is 6.92 Å². The van der Waals surface area contributed by atoms with Gasteiger partial charge in [-0.3, -0.25) is 4.79 Å². The highest BCUT2D eigenvalue weighted by Gasteiger charge is 2.25. The molecule has 0 saturated carbocycles. The summed E-state index contributed by atoms with van der Waals surface area (Å²) in [5.41, 5.74) is 0.618. The minimum atomic E-state index is 0.0113. The zero-order valence-corrected chi connectivity index (χ0v) is 12.3. The smallest absolute Gasteiger partial charge is 0.254 e. The van der Waals surface area contributed by atoms with Crippen LogP contribution in [-0.4, -0.2) is 47.7 Å². The van der Waals surface area contributed by atoms with Crippen molar-refractivity contribution in [1.29, 1.82) is 0 Å². The minimum absolute atomic E-state index is 0.0113. The van der Waals surface area contributed by atoms with E-state index in [4.69, 9.17) is 9.47 Å². The van der Waals surface area contributed by atoms with E-state index in [0.29, 0.717) is 31.2 Å². The van der Waals surface area contributed by atoms with Crippen molar-refractivity contribution >= 4 is 5.91 Å². The van der Waals surface area contributed by atoms with Crippen LogP contribution in [-0.2, 0) is 4.74 Å². The van der Waals surface area contributed by atoms with Gasteiger partial charge in [0.15, 0.2) is 0 Å². The second kappa shape index (κ2) is 6.70. The average Bonchev–Trinajstić information content (AvgIpc) is 2.47. The molecule has 0 aliphatic carbocycles. The number of amides is 1. The molecule has 2 atom stereocenters. The molecule has 20 heavy (non-hydrogen) atoms. The van der Waals surface area contributed by atoms with Crippen molar-refractivity contribution in [1.82, 2.24) is 9.88 Å². The summed E-state index contributed by atoms with van der Waals surface area (Å²) < 4.78 is 11.0. The molecule has 1 aromatic rings. The number of ether oxygens (including phenoxy) is 2. The fraction of sp³-hybridized carbons (Fsp3) is 0.600. The number of aromatic nitrogens is 1. The third kappa shape index (κ3) is 3.48. The standard InChI is InChI=1S/C15H22N2O3/c1-4-12(3)20-14-9-13(5-6-16-14)15(18)17-7-8-19-10-11(17)2/h5-6,9,11-12H,4,7-8,10H2,1-3H3/t11-,12-/m0/s1. The minimum Gasteiger partial charge on any atom is -0.475 e. The first kappa shape index (κ1) is 14.8. The van der Waals surface area contributed by atoms with E-state index in [-0.39, 0.29) is 18.1 Å². The monoisotopic (exact) mass is 278 g/mol. The van der Waals surface area contributed by atoms with Gasteiger partial charge in [-0.15, -0.1) is 0 Å². The van der Waals surface area contributed by atoms with E-state index in [1.807, 2.05) is 18.7 Å². The molecule has 5 heteroatoms. The molecule has 0 aromatic carbocycles. The number of hydrogen-bond donors (Lipinski definition) is 0. The largest absolute Gasteiger partial charge is 0.475 e. The number of pyridine rings is 1. The van der Waals surface area contributed by atoms with Gasteiger partial charge < -0.3 is 14.4 Å². The van der Waals surface area contributed by atoms with Crippen LogP contribution in [0.5, 0.6) is 5.88 Å². The zero-order valence-electron chi connectivity index (χ0n) is 12.3. The molecule has 2 rings (SSSR count). The number of carbonyl (C=O) groups excluding carboxylic acids is 1. The Bertz CT molecular complexity index is 464. The fourth-order valence-electron chi connectivity index (χ4n) is 2.09. The van der Waals surface area contributed by atoms with Crippen LogP contribution in [0.1, 0.15) is 37.6 Å². The van der Waals surface area contributed by atoms with E-state index < -0.39 is 0 Å². The van der Waals surface area contributed by atoms with Gasteiger partial charge in [-0.05, 0) is 26.3 Å². The number of nitrogens with zero attached hydrogens (tertiary/aromatic N) is 2. The molecule has 0 radical (unpaired) electrons. The number of morpholine rings is 1. The van der Waals surface area contributed by atoms with Crippen molar-refractivity contribution in [2.45, 2.75) is 39.3 Å². The maximum Gasteiger partial charge on any atom is 0.254 e. The number of rotatable bonds is 4. The van der Waals surface area contributed by atoms with Gasteiger partial charge in [-0.2, -0.15) is 0 Å². The van der Waals surface area contributed by atoms with Gasteiger partial charge in [0.1, 0.15) is 0 Å². The molecule has 2 heterocycles. The second-order valence-corrected chi connectivity index (χ2v) is 5.14. The Morgan fingerprint density at radius 3 is 3.15 bits per heavy atom. The van der Waals surface area contributed by atoms with Crippen LogP contribution in [0.3, 0.4) is 0 Å². The van der Waals surface area contributed by atoms with Gasteiger partial charge in [0.25, 0.3) is 5.91 Å². The lowest BCUT2D eigenvalue weighted by atomic mass is 10.2. The molecular formula is C15H22N2O3. The van der Waals surface area contributed by atoms with Gasteiger partial charge in [0, 0.05) is 24.4 Å². The summed E-state index contributed by atoms with van der Waals surface area (Å²) in [6.45, 7) is 7.85. The fourth-order valence-corrected chi connectivity index (χ4v) is 2.09. The van der Waals surface area contributed by atoms with Crippen molar-refractivity contribution in [2.75, 3.05) is 19.8 Å². The summed E-state index contributed by atoms with van der Waals surface area (Å²) in [4.78, 5) is 18.5. The van der Waals surface area contributed by atoms with Crippen LogP contribution in [0.4, 0.5) is 0 Å². The van der Waals surface area contributed by atoms with Crippen LogP contribution < -0.4 is 4.74 Å². The molecule has 1 amide bonds. The molecule has 1 saturated heterocycles. The van der Waals surface area contributed by atoms with E-state index in [9.17, 15) is 4.79 Å². The molecule has 1 aliphatic heterocycles. The third-order valence-electron chi connectivity index (χ3n) is 3.51. The SMILES string of the molecule is CC[C@H](C)Oc1cc(C(=O)N2CCOC[C@@H]2C)ccn1. The molecule has 1 aromatic heterocycles. The summed E-state index contributed by atoms with van der Waals surface area (Å²) in [7, 11) is 0. The Hall–Kier alpha value is -1.62. The highest BCUT2D eigenvalue weighted by molar-refractivity contribution is 5.94.